The topological polar surface area (TPSA) is 40.5 Å². The molecule has 1 saturated carbocycles. The van der Waals surface area contributed by atoms with Gasteiger partial charge in [-0.1, -0.05) is 48.1 Å². The Bertz CT molecular complexity index is 463. The Morgan fingerprint density at radius 2 is 1.41 bits per heavy atom. The Labute approximate surface area is 149 Å². The molecule has 2 rings (SSSR count). The molecule has 22 heavy (non-hydrogen) atoms. The van der Waals surface area contributed by atoms with Crippen LogP contribution in [0.4, 0.5) is 0 Å². The van der Waals surface area contributed by atoms with Crippen LogP contribution >= 0.6 is 33.2 Å². The molecule has 0 radical (unpaired) electrons. The molecule has 0 atom stereocenters. The van der Waals surface area contributed by atoms with E-state index >= 15 is 0 Å². The zero-order valence-corrected chi connectivity index (χ0v) is 16.6. The van der Waals surface area contributed by atoms with Gasteiger partial charge in [0.1, 0.15) is 0 Å². The fourth-order valence-electron chi connectivity index (χ4n) is 3.03. The van der Waals surface area contributed by atoms with Crippen molar-refractivity contribution in [3.8, 4) is 0 Å². The Hall–Kier alpha value is 0.292. The second kappa shape index (κ2) is 8.95. The van der Waals surface area contributed by atoms with Gasteiger partial charge in [-0.25, -0.2) is 0 Å². The molecule has 1 aromatic rings. The van der Waals surface area contributed by atoms with Crippen LogP contribution in [0.5, 0.6) is 0 Å². The number of aryl methyl sites for hydroxylation is 3. The molecule has 1 fully saturated rings. The van der Waals surface area contributed by atoms with Gasteiger partial charge >= 0.3 is 13.1 Å². The molecule has 1 aromatic carbocycles. The van der Waals surface area contributed by atoms with Crippen molar-refractivity contribution in [3.63, 3.8) is 0 Å². The molecule has 1 aliphatic rings. The lowest BCUT2D eigenvalue weighted by Crippen LogP contribution is -2.34. The molecule has 0 spiro atoms. The van der Waals surface area contributed by atoms with E-state index in [2.05, 4.69) is 0 Å². The van der Waals surface area contributed by atoms with E-state index in [1.165, 1.54) is 19.3 Å². The van der Waals surface area contributed by atoms with Gasteiger partial charge in [-0.3, -0.25) is 0 Å². The second-order valence-corrected chi connectivity index (χ2v) is 15.1. The first-order valence-corrected chi connectivity index (χ1v) is 12.7. The third-order valence-corrected chi connectivity index (χ3v) is 8.34. The van der Waals surface area contributed by atoms with E-state index in [9.17, 15) is 0 Å². The molecular formula is C15H24BCl3O2Si. The SMILES string of the molecule is Cc1cc(C)c(B(O)O)c(C)c1.Cl[Si](Cl)(Cl)C1CCCCC1. The smallest absolute Gasteiger partial charge is 0.423 e. The summed E-state index contributed by atoms with van der Waals surface area (Å²) < 4.78 is 0. The minimum absolute atomic E-state index is 0.436. The van der Waals surface area contributed by atoms with Gasteiger partial charge in [0.2, 0.25) is 0 Å². The molecule has 2 nitrogen and oxygen atoms in total. The Kier molecular flexibility index (Phi) is 8.28. The zero-order valence-electron chi connectivity index (χ0n) is 13.4. The monoisotopic (exact) mass is 380 g/mol. The summed E-state index contributed by atoms with van der Waals surface area (Å²) in [7, 11) is -1.36. The highest BCUT2D eigenvalue weighted by atomic mass is 35.8. The van der Waals surface area contributed by atoms with E-state index in [1.807, 2.05) is 32.9 Å². The van der Waals surface area contributed by atoms with Gasteiger partial charge in [0.15, 0.2) is 0 Å². The summed E-state index contributed by atoms with van der Waals surface area (Å²) >= 11 is 17.6. The van der Waals surface area contributed by atoms with Crippen molar-refractivity contribution in [1.82, 2.24) is 0 Å². The number of hydrogen-bond donors (Lipinski definition) is 2. The second-order valence-electron chi connectivity index (χ2n) is 6.06. The van der Waals surface area contributed by atoms with Crippen LogP contribution in [0.15, 0.2) is 12.1 Å². The average Bonchev–Trinajstić information content (AvgIpc) is 2.37. The van der Waals surface area contributed by atoms with Crippen LogP contribution in [0.25, 0.3) is 0 Å². The van der Waals surface area contributed by atoms with Crippen LogP contribution in [0.3, 0.4) is 0 Å². The summed E-state index contributed by atoms with van der Waals surface area (Å²) in [6.45, 7) is 5.76. The van der Waals surface area contributed by atoms with Crippen molar-refractivity contribution in [3.05, 3.63) is 28.8 Å². The Morgan fingerprint density at radius 3 is 1.73 bits per heavy atom. The first-order chi connectivity index (χ1) is 10.1. The van der Waals surface area contributed by atoms with Gasteiger partial charge in [0, 0.05) is 0 Å². The van der Waals surface area contributed by atoms with E-state index in [0.717, 1.165) is 29.5 Å². The normalized spacial score (nSPS) is 16.0. The number of rotatable bonds is 2. The summed E-state index contributed by atoms with van der Waals surface area (Å²) in [6, 6.07) is 1.55. The predicted octanol–water partition coefficient (Wildman–Crippen LogP) is 4.27. The molecule has 0 aliphatic heterocycles. The van der Waals surface area contributed by atoms with Crippen molar-refractivity contribution in [1.29, 1.82) is 0 Å². The van der Waals surface area contributed by atoms with Crippen molar-refractivity contribution >= 4 is 51.8 Å². The average molecular weight is 382 g/mol. The maximum Gasteiger partial charge on any atom is 0.488 e. The highest BCUT2D eigenvalue weighted by Gasteiger charge is 2.36. The Balaban J connectivity index is 0.000000224. The minimum Gasteiger partial charge on any atom is -0.423 e. The zero-order chi connectivity index (χ0) is 16.9. The van der Waals surface area contributed by atoms with Gasteiger partial charge < -0.3 is 10.0 Å². The molecule has 7 heteroatoms. The lowest BCUT2D eigenvalue weighted by Gasteiger charge is -2.25. The van der Waals surface area contributed by atoms with Crippen LogP contribution < -0.4 is 5.46 Å². The molecule has 0 amide bonds. The standard InChI is InChI=1S/C9H13BO2.C6H11Cl3Si/c1-6-4-7(2)9(10(11)12)8(3)5-6;7-10(8,9)6-4-2-1-3-5-6/h4-5,11-12H,1-3H3;6H,1-5H2. The quantitative estimate of drug-likeness (QED) is 0.593. The van der Waals surface area contributed by atoms with Crippen LogP contribution in [-0.2, 0) is 0 Å². The fraction of sp³-hybridized carbons (Fsp3) is 0.600. The fourth-order valence-corrected chi connectivity index (χ4v) is 6.06. The van der Waals surface area contributed by atoms with Gasteiger partial charge in [-0.05, 0) is 44.6 Å². The highest BCUT2D eigenvalue weighted by molar-refractivity contribution is 7.65. The molecule has 1 aliphatic carbocycles. The van der Waals surface area contributed by atoms with Crippen LogP contribution in [-0.4, -0.2) is 23.2 Å². The lowest BCUT2D eigenvalue weighted by atomic mass is 9.74. The van der Waals surface area contributed by atoms with Gasteiger partial charge in [0.05, 0.1) is 0 Å². The molecule has 0 saturated heterocycles. The van der Waals surface area contributed by atoms with Crippen molar-refractivity contribution < 1.29 is 10.0 Å². The third kappa shape index (κ3) is 6.42. The molecule has 124 valence electrons. The van der Waals surface area contributed by atoms with E-state index in [1.54, 1.807) is 0 Å². The number of benzene rings is 1. The van der Waals surface area contributed by atoms with Gasteiger partial charge in [0.25, 0.3) is 0 Å². The summed E-state index contributed by atoms with van der Waals surface area (Å²) in [4.78, 5) is 0. The molecule has 0 aromatic heterocycles. The maximum absolute atomic E-state index is 9.03. The van der Waals surface area contributed by atoms with Gasteiger partial charge in [-0.15, -0.1) is 33.2 Å². The summed E-state index contributed by atoms with van der Waals surface area (Å²) in [5.74, 6) is 0. The largest absolute Gasteiger partial charge is 0.488 e. The third-order valence-electron chi connectivity index (χ3n) is 4.06. The summed E-state index contributed by atoms with van der Waals surface area (Å²) in [5, 5.41) is 18.1. The van der Waals surface area contributed by atoms with Gasteiger partial charge in [-0.2, -0.15) is 0 Å². The summed E-state index contributed by atoms with van der Waals surface area (Å²) in [6.07, 6.45) is 6.12. The number of hydrogen-bond acceptors (Lipinski definition) is 2. The van der Waals surface area contributed by atoms with Crippen LogP contribution in [0, 0.1) is 20.8 Å². The Morgan fingerprint density at radius 1 is 0.955 bits per heavy atom. The van der Waals surface area contributed by atoms with Crippen LogP contribution in [0.1, 0.15) is 48.8 Å². The number of halogens is 3. The highest BCUT2D eigenvalue weighted by Crippen LogP contribution is 2.43. The van der Waals surface area contributed by atoms with Crippen molar-refractivity contribution in [2.45, 2.75) is 58.4 Å². The first-order valence-electron chi connectivity index (χ1n) is 7.63. The molecule has 0 bridgehead atoms. The van der Waals surface area contributed by atoms with Crippen molar-refractivity contribution in [2.75, 3.05) is 0 Å². The maximum atomic E-state index is 9.03. The first kappa shape index (κ1) is 20.3. The van der Waals surface area contributed by atoms with Crippen molar-refractivity contribution in [2.24, 2.45) is 0 Å². The summed E-state index contributed by atoms with van der Waals surface area (Å²) in [5.41, 5.74) is 4.08. The lowest BCUT2D eigenvalue weighted by molar-refractivity contribution is 0.425. The van der Waals surface area contributed by atoms with E-state index < -0.39 is 13.1 Å². The van der Waals surface area contributed by atoms with Crippen LogP contribution in [0.2, 0.25) is 5.54 Å². The van der Waals surface area contributed by atoms with E-state index in [0.29, 0.717) is 11.0 Å². The van der Waals surface area contributed by atoms with E-state index in [4.69, 9.17) is 43.3 Å². The van der Waals surface area contributed by atoms with E-state index in [-0.39, 0.29) is 0 Å². The molecule has 0 unspecified atom stereocenters. The molecule has 2 N–H and O–H groups in total. The molecular weight excluding hydrogens is 357 g/mol. The predicted molar refractivity (Wildman–Crippen MR) is 101 cm³/mol. The minimum atomic E-state index is -2.34. The molecule has 0 heterocycles.